The van der Waals surface area contributed by atoms with Gasteiger partial charge in [0.2, 0.25) is 0 Å². The van der Waals surface area contributed by atoms with Crippen molar-refractivity contribution in [3.05, 3.63) is 23.1 Å². The molecule has 0 aromatic carbocycles. The van der Waals surface area contributed by atoms with E-state index in [1.165, 1.54) is 19.3 Å². The average molecular weight is 372 g/mol. The van der Waals surface area contributed by atoms with E-state index in [0.717, 1.165) is 41.5 Å². The normalized spacial score (nSPS) is 14.7. The summed E-state index contributed by atoms with van der Waals surface area (Å²) in [7, 11) is 0. The first-order valence-corrected chi connectivity index (χ1v) is 9.50. The molecule has 0 bridgehead atoms. The number of amides is 1. The Balaban J connectivity index is 1.46. The van der Waals surface area contributed by atoms with E-state index in [9.17, 15) is 4.79 Å². The van der Waals surface area contributed by atoms with E-state index in [0.29, 0.717) is 23.7 Å². The SMILES string of the molecule is Cc1nnsc1C(=O)NCCn1ncc2c(N3CCCCC3)ncnc21. The number of aryl methyl sites for hydroxylation is 1. The molecule has 4 heterocycles. The summed E-state index contributed by atoms with van der Waals surface area (Å²) in [6.45, 7) is 4.82. The summed E-state index contributed by atoms with van der Waals surface area (Å²) in [6.07, 6.45) is 7.07. The first-order chi connectivity index (χ1) is 12.7. The van der Waals surface area contributed by atoms with Crippen LogP contribution in [0.15, 0.2) is 12.5 Å². The van der Waals surface area contributed by atoms with Gasteiger partial charge in [-0.1, -0.05) is 4.49 Å². The van der Waals surface area contributed by atoms with Crippen LogP contribution in [0, 0.1) is 6.92 Å². The van der Waals surface area contributed by atoms with Crippen LogP contribution >= 0.6 is 11.5 Å². The molecule has 1 saturated heterocycles. The second-order valence-corrected chi connectivity index (χ2v) is 7.05. The molecular weight excluding hydrogens is 352 g/mol. The van der Waals surface area contributed by atoms with Gasteiger partial charge in [0, 0.05) is 19.6 Å². The Hall–Kier alpha value is -2.62. The monoisotopic (exact) mass is 372 g/mol. The van der Waals surface area contributed by atoms with Crippen LogP contribution < -0.4 is 10.2 Å². The highest BCUT2D eigenvalue weighted by atomic mass is 32.1. The molecule has 0 unspecified atom stereocenters. The molecule has 1 amide bonds. The van der Waals surface area contributed by atoms with Crippen molar-refractivity contribution >= 4 is 34.3 Å². The largest absolute Gasteiger partial charge is 0.356 e. The lowest BCUT2D eigenvalue weighted by atomic mass is 10.1. The number of aromatic nitrogens is 6. The molecule has 1 N–H and O–H groups in total. The minimum Gasteiger partial charge on any atom is -0.356 e. The summed E-state index contributed by atoms with van der Waals surface area (Å²) in [4.78, 5) is 23.9. The van der Waals surface area contributed by atoms with Gasteiger partial charge < -0.3 is 10.2 Å². The maximum absolute atomic E-state index is 12.1. The molecule has 10 heteroatoms. The van der Waals surface area contributed by atoms with E-state index < -0.39 is 0 Å². The second kappa shape index (κ2) is 7.32. The van der Waals surface area contributed by atoms with Crippen molar-refractivity contribution in [2.75, 3.05) is 24.5 Å². The van der Waals surface area contributed by atoms with Crippen molar-refractivity contribution in [2.45, 2.75) is 32.7 Å². The van der Waals surface area contributed by atoms with Crippen molar-refractivity contribution in [1.29, 1.82) is 0 Å². The van der Waals surface area contributed by atoms with Crippen LogP contribution in [0.2, 0.25) is 0 Å². The van der Waals surface area contributed by atoms with Crippen molar-refractivity contribution < 1.29 is 4.79 Å². The molecule has 1 aliphatic heterocycles. The number of hydrogen-bond donors (Lipinski definition) is 1. The minimum atomic E-state index is -0.155. The maximum atomic E-state index is 12.1. The van der Waals surface area contributed by atoms with E-state index in [1.54, 1.807) is 13.3 Å². The van der Waals surface area contributed by atoms with Gasteiger partial charge in [-0.2, -0.15) is 5.10 Å². The molecule has 136 valence electrons. The first-order valence-electron chi connectivity index (χ1n) is 8.72. The summed E-state index contributed by atoms with van der Waals surface area (Å²) in [5.41, 5.74) is 1.45. The van der Waals surface area contributed by atoms with Crippen LogP contribution in [-0.4, -0.2) is 54.9 Å². The van der Waals surface area contributed by atoms with Gasteiger partial charge in [0.25, 0.3) is 5.91 Å². The lowest BCUT2D eigenvalue weighted by Gasteiger charge is -2.27. The lowest BCUT2D eigenvalue weighted by molar-refractivity contribution is 0.0955. The molecule has 3 aromatic heterocycles. The molecule has 1 aliphatic rings. The Labute approximate surface area is 154 Å². The highest BCUT2D eigenvalue weighted by Crippen LogP contribution is 2.25. The number of carbonyl (C=O) groups excluding carboxylic acids is 1. The Bertz CT molecular complexity index is 914. The fourth-order valence-electron chi connectivity index (χ4n) is 3.20. The highest BCUT2D eigenvalue weighted by molar-refractivity contribution is 7.07. The Morgan fingerprint density at radius 1 is 1.27 bits per heavy atom. The summed E-state index contributed by atoms with van der Waals surface area (Å²) in [5, 5.41) is 12.1. The van der Waals surface area contributed by atoms with Crippen molar-refractivity contribution in [2.24, 2.45) is 0 Å². The molecule has 0 spiro atoms. The summed E-state index contributed by atoms with van der Waals surface area (Å²) in [6, 6.07) is 0. The number of piperidine rings is 1. The van der Waals surface area contributed by atoms with Crippen LogP contribution in [0.25, 0.3) is 11.0 Å². The lowest BCUT2D eigenvalue weighted by Crippen LogP contribution is -2.30. The van der Waals surface area contributed by atoms with Gasteiger partial charge >= 0.3 is 0 Å². The molecule has 0 aliphatic carbocycles. The molecule has 0 saturated carbocycles. The van der Waals surface area contributed by atoms with Crippen LogP contribution in [0.1, 0.15) is 34.6 Å². The van der Waals surface area contributed by atoms with Gasteiger partial charge in [-0.25, -0.2) is 14.6 Å². The number of carbonyl (C=O) groups is 1. The number of nitrogens with one attached hydrogen (secondary N) is 1. The van der Waals surface area contributed by atoms with E-state index >= 15 is 0 Å². The molecule has 3 aromatic rings. The molecule has 0 atom stereocenters. The van der Waals surface area contributed by atoms with Gasteiger partial charge in [-0.3, -0.25) is 4.79 Å². The second-order valence-electron chi connectivity index (χ2n) is 6.29. The van der Waals surface area contributed by atoms with Crippen LogP contribution in [0.3, 0.4) is 0 Å². The fourth-order valence-corrected chi connectivity index (χ4v) is 3.77. The Kier molecular flexibility index (Phi) is 4.74. The van der Waals surface area contributed by atoms with Gasteiger partial charge in [-0.05, 0) is 37.7 Å². The topological polar surface area (TPSA) is 102 Å². The third kappa shape index (κ3) is 3.24. The zero-order chi connectivity index (χ0) is 17.9. The molecular formula is C16H20N8OS. The number of fused-ring (bicyclic) bond motifs is 1. The van der Waals surface area contributed by atoms with E-state index in [-0.39, 0.29) is 5.91 Å². The fraction of sp³-hybridized carbons (Fsp3) is 0.500. The third-order valence-corrected chi connectivity index (χ3v) is 5.36. The predicted octanol–water partition coefficient (Wildman–Crippen LogP) is 1.41. The minimum absolute atomic E-state index is 0.155. The van der Waals surface area contributed by atoms with Crippen LogP contribution in [-0.2, 0) is 6.54 Å². The van der Waals surface area contributed by atoms with E-state index in [1.807, 2.05) is 10.9 Å². The predicted molar refractivity (Wildman–Crippen MR) is 98.4 cm³/mol. The van der Waals surface area contributed by atoms with Crippen LogP contribution in [0.4, 0.5) is 5.82 Å². The number of rotatable bonds is 5. The van der Waals surface area contributed by atoms with Gasteiger partial charge in [0.15, 0.2) is 5.65 Å². The first kappa shape index (κ1) is 16.8. The zero-order valence-electron chi connectivity index (χ0n) is 14.6. The summed E-state index contributed by atoms with van der Waals surface area (Å²) in [5.74, 6) is 0.800. The van der Waals surface area contributed by atoms with Gasteiger partial charge in [0.05, 0.1) is 23.8 Å². The van der Waals surface area contributed by atoms with Crippen molar-refractivity contribution in [1.82, 2.24) is 34.7 Å². The summed E-state index contributed by atoms with van der Waals surface area (Å²) < 4.78 is 5.60. The smallest absolute Gasteiger partial charge is 0.265 e. The van der Waals surface area contributed by atoms with Crippen molar-refractivity contribution in [3.8, 4) is 0 Å². The molecule has 4 rings (SSSR count). The molecule has 26 heavy (non-hydrogen) atoms. The van der Waals surface area contributed by atoms with Gasteiger partial charge in [-0.15, -0.1) is 5.10 Å². The third-order valence-electron chi connectivity index (χ3n) is 4.54. The van der Waals surface area contributed by atoms with E-state index in [2.05, 4.69) is 34.9 Å². The Morgan fingerprint density at radius 3 is 2.88 bits per heavy atom. The molecule has 9 nitrogen and oxygen atoms in total. The highest BCUT2D eigenvalue weighted by Gasteiger charge is 2.18. The average Bonchev–Trinajstić information content (AvgIpc) is 3.28. The van der Waals surface area contributed by atoms with Crippen LogP contribution in [0.5, 0.6) is 0 Å². The number of nitrogens with zero attached hydrogens (tertiary/aromatic N) is 7. The molecule has 0 radical (unpaired) electrons. The number of anilines is 1. The van der Waals surface area contributed by atoms with Gasteiger partial charge in [0.1, 0.15) is 17.0 Å². The Morgan fingerprint density at radius 2 is 2.12 bits per heavy atom. The molecule has 1 fully saturated rings. The summed E-state index contributed by atoms with van der Waals surface area (Å²) >= 11 is 1.10. The maximum Gasteiger partial charge on any atom is 0.265 e. The zero-order valence-corrected chi connectivity index (χ0v) is 15.4. The van der Waals surface area contributed by atoms with Crippen molar-refractivity contribution in [3.63, 3.8) is 0 Å². The van der Waals surface area contributed by atoms with E-state index in [4.69, 9.17) is 0 Å². The number of hydrogen-bond acceptors (Lipinski definition) is 8. The quantitative estimate of drug-likeness (QED) is 0.722. The standard InChI is InChI=1S/C16H20N8OS/c1-11-13(26-22-21-11)16(25)17-5-8-24-15-12(9-20-24)14(18-10-19-15)23-6-3-2-4-7-23/h9-10H,2-8H2,1H3,(H,17,25).